The van der Waals surface area contributed by atoms with E-state index in [2.05, 4.69) is 112 Å². The van der Waals surface area contributed by atoms with E-state index in [1.54, 1.807) is 0 Å². The second-order valence-electron chi connectivity index (χ2n) is 6.68. The molecular weight excluding hydrogens is 326 g/mol. The molecule has 0 saturated heterocycles. The Hall–Kier alpha value is -2.80. The number of allylic oxidation sites excluding steroid dienone is 16. The molecule has 140 valence electrons. The summed E-state index contributed by atoms with van der Waals surface area (Å²) in [6.45, 7) is 10.5. The van der Waals surface area contributed by atoms with E-state index in [9.17, 15) is 0 Å². The summed E-state index contributed by atoms with van der Waals surface area (Å²) in [7, 11) is 0. The van der Waals surface area contributed by atoms with Gasteiger partial charge in [0.2, 0.25) is 0 Å². The maximum atomic E-state index is 3.32. The third-order valence-corrected chi connectivity index (χ3v) is 4.60. The summed E-state index contributed by atoms with van der Waals surface area (Å²) in [6.07, 6.45) is 26.9. The van der Waals surface area contributed by atoms with Crippen molar-refractivity contribution in [1.29, 1.82) is 0 Å². The molecule has 0 atom stereocenters. The van der Waals surface area contributed by atoms with Gasteiger partial charge in [0.15, 0.2) is 0 Å². The fraction of sp³-hybridized carbons (Fsp3) is 0.231. The van der Waals surface area contributed by atoms with Crippen LogP contribution in [0.25, 0.3) is 5.57 Å². The van der Waals surface area contributed by atoms with Crippen molar-refractivity contribution in [3.8, 4) is 0 Å². The first-order valence-corrected chi connectivity index (χ1v) is 9.63. The molecule has 0 aliphatic heterocycles. The van der Waals surface area contributed by atoms with Crippen LogP contribution in [0.2, 0.25) is 0 Å². The van der Waals surface area contributed by atoms with Crippen LogP contribution in [-0.4, -0.2) is 4.98 Å². The third kappa shape index (κ3) is 5.59. The van der Waals surface area contributed by atoms with Crippen LogP contribution in [0.4, 0.5) is 0 Å². The lowest BCUT2D eigenvalue weighted by Crippen LogP contribution is -1.95. The van der Waals surface area contributed by atoms with E-state index in [1.165, 1.54) is 39.1 Å². The van der Waals surface area contributed by atoms with Crippen molar-refractivity contribution in [2.45, 2.75) is 41.0 Å². The zero-order valence-corrected chi connectivity index (χ0v) is 17.2. The zero-order valence-electron chi connectivity index (χ0n) is 17.2. The Morgan fingerprint density at radius 3 is 2.37 bits per heavy atom. The van der Waals surface area contributed by atoms with Crippen molar-refractivity contribution in [3.05, 3.63) is 113 Å². The van der Waals surface area contributed by atoms with E-state index in [0.29, 0.717) is 0 Å². The van der Waals surface area contributed by atoms with Gasteiger partial charge in [0.05, 0.1) is 0 Å². The van der Waals surface area contributed by atoms with E-state index in [-0.39, 0.29) is 0 Å². The lowest BCUT2D eigenvalue weighted by Gasteiger charge is -2.14. The SMILES string of the molecule is C\C=C/C=C(C(=C\C(=C/C)C1=CC=CC1)/C(C)=C/C=C\C)\c1c[nH]c(C)c1. The number of H-pyrrole nitrogens is 1. The predicted octanol–water partition coefficient (Wildman–Crippen LogP) is 7.56. The van der Waals surface area contributed by atoms with Gasteiger partial charge >= 0.3 is 0 Å². The van der Waals surface area contributed by atoms with Gasteiger partial charge in [-0.25, -0.2) is 0 Å². The first-order chi connectivity index (χ1) is 13.1. The highest BCUT2D eigenvalue weighted by Crippen LogP contribution is 2.33. The molecule has 1 N–H and O–H groups in total. The van der Waals surface area contributed by atoms with Crippen LogP contribution < -0.4 is 0 Å². The van der Waals surface area contributed by atoms with Gasteiger partial charge in [-0.2, -0.15) is 0 Å². The third-order valence-electron chi connectivity index (χ3n) is 4.60. The molecule has 0 unspecified atom stereocenters. The largest absolute Gasteiger partial charge is 0.365 e. The van der Waals surface area contributed by atoms with Crippen LogP contribution in [0.5, 0.6) is 0 Å². The molecule has 0 radical (unpaired) electrons. The Morgan fingerprint density at radius 1 is 1.07 bits per heavy atom. The molecule has 0 amide bonds. The Kier molecular flexibility index (Phi) is 7.88. The van der Waals surface area contributed by atoms with Crippen LogP contribution in [0.3, 0.4) is 0 Å². The molecule has 0 saturated carbocycles. The Bertz CT molecular complexity index is 886. The van der Waals surface area contributed by atoms with Crippen molar-refractivity contribution in [2.75, 3.05) is 0 Å². The Balaban J connectivity index is 2.63. The van der Waals surface area contributed by atoms with Gasteiger partial charge in [-0.1, -0.05) is 60.8 Å². The normalized spacial score (nSPS) is 16.9. The van der Waals surface area contributed by atoms with Crippen molar-refractivity contribution in [3.63, 3.8) is 0 Å². The molecule has 0 fully saturated rings. The molecule has 0 spiro atoms. The second-order valence-corrected chi connectivity index (χ2v) is 6.68. The van der Waals surface area contributed by atoms with Gasteiger partial charge in [-0.3, -0.25) is 0 Å². The number of rotatable bonds is 7. The van der Waals surface area contributed by atoms with Gasteiger partial charge in [-0.05, 0) is 86.6 Å². The highest BCUT2D eigenvalue weighted by atomic mass is 14.7. The standard InChI is InChI=1S/C26H31N/c1-6-9-13-20(4)26(18-22(8-3)23-14-11-12-15-23)25(16-10-7-2)24-17-21(5)27-19-24/h6-14,16-19,27H,15H2,1-5H3/b9-6-,10-7-,20-13+,22-8+,25-16+,26-18-. The van der Waals surface area contributed by atoms with E-state index >= 15 is 0 Å². The van der Waals surface area contributed by atoms with E-state index in [1.807, 2.05) is 6.92 Å². The topological polar surface area (TPSA) is 15.8 Å². The monoisotopic (exact) mass is 357 g/mol. The summed E-state index contributed by atoms with van der Waals surface area (Å²) in [5.41, 5.74) is 8.73. The molecule has 0 aromatic carbocycles. The summed E-state index contributed by atoms with van der Waals surface area (Å²) in [4.78, 5) is 3.32. The number of nitrogens with one attached hydrogen (secondary N) is 1. The molecule has 1 aromatic rings. The van der Waals surface area contributed by atoms with E-state index < -0.39 is 0 Å². The predicted molar refractivity (Wildman–Crippen MR) is 121 cm³/mol. The van der Waals surface area contributed by atoms with Gasteiger partial charge < -0.3 is 4.98 Å². The maximum Gasteiger partial charge on any atom is 0.0121 e. The molecule has 1 aliphatic carbocycles. The van der Waals surface area contributed by atoms with Crippen LogP contribution >= 0.6 is 0 Å². The minimum atomic E-state index is 0.998. The van der Waals surface area contributed by atoms with Crippen LogP contribution in [-0.2, 0) is 0 Å². The number of aromatic nitrogens is 1. The molecule has 1 aliphatic rings. The minimum Gasteiger partial charge on any atom is -0.365 e. The molecule has 1 aromatic heterocycles. The smallest absolute Gasteiger partial charge is 0.0121 e. The van der Waals surface area contributed by atoms with Crippen LogP contribution in [0.1, 0.15) is 45.4 Å². The average Bonchev–Trinajstić information content (AvgIpc) is 3.34. The van der Waals surface area contributed by atoms with Gasteiger partial charge in [0.25, 0.3) is 0 Å². The van der Waals surface area contributed by atoms with Crippen molar-refractivity contribution >= 4 is 5.57 Å². The quantitative estimate of drug-likeness (QED) is 0.484. The number of hydrogen-bond acceptors (Lipinski definition) is 0. The van der Waals surface area contributed by atoms with Gasteiger partial charge in [-0.15, -0.1) is 0 Å². The Morgan fingerprint density at radius 2 is 1.81 bits per heavy atom. The zero-order chi connectivity index (χ0) is 19.6. The van der Waals surface area contributed by atoms with Crippen LogP contribution in [0, 0.1) is 6.92 Å². The molecule has 1 nitrogen and oxygen atoms in total. The molecule has 0 bridgehead atoms. The fourth-order valence-corrected chi connectivity index (χ4v) is 3.11. The number of aryl methyl sites for hydroxylation is 1. The van der Waals surface area contributed by atoms with Gasteiger partial charge in [0, 0.05) is 11.9 Å². The first-order valence-electron chi connectivity index (χ1n) is 9.63. The molecule has 27 heavy (non-hydrogen) atoms. The van der Waals surface area contributed by atoms with Crippen molar-refractivity contribution < 1.29 is 0 Å². The molecule has 1 heteroatoms. The molecule has 1 heterocycles. The Labute approximate surface area is 164 Å². The first kappa shape index (κ1) is 20.5. The summed E-state index contributed by atoms with van der Waals surface area (Å²) >= 11 is 0. The van der Waals surface area contributed by atoms with Crippen LogP contribution in [0.15, 0.2) is 101 Å². The fourth-order valence-electron chi connectivity index (χ4n) is 3.11. The second kappa shape index (κ2) is 10.4. The lowest BCUT2D eigenvalue weighted by molar-refractivity contribution is 1.26. The van der Waals surface area contributed by atoms with E-state index in [4.69, 9.17) is 0 Å². The highest BCUT2D eigenvalue weighted by Gasteiger charge is 2.13. The van der Waals surface area contributed by atoms with Gasteiger partial charge in [0.1, 0.15) is 0 Å². The summed E-state index contributed by atoms with van der Waals surface area (Å²) in [5.74, 6) is 0. The van der Waals surface area contributed by atoms with Crippen molar-refractivity contribution in [2.24, 2.45) is 0 Å². The lowest BCUT2D eigenvalue weighted by atomic mass is 9.90. The minimum absolute atomic E-state index is 0.998. The summed E-state index contributed by atoms with van der Waals surface area (Å²) in [5, 5.41) is 0. The molecular formula is C26H31N. The summed E-state index contributed by atoms with van der Waals surface area (Å²) in [6, 6.07) is 2.21. The maximum absolute atomic E-state index is 3.32. The number of hydrogen-bond donors (Lipinski definition) is 1. The highest BCUT2D eigenvalue weighted by molar-refractivity contribution is 5.85. The average molecular weight is 358 g/mol. The van der Waals surface area contributed by atoms with Crippen molar-refractivity contribution in [1.82, 2.24) is 4.98 Å². The summed E-state index contributed by atoms with van der Waals surface area (Å²) < 4.78 is 0. The number of aromatic amines is 1. The van der Waals surface area contributed by atoms with E-state index in [0.717, 1.165) is 6.42 Å². The molecule has 2 rings (SSSR count).